The number of ether oxygens (including phenoxy) is 1. The summed E-state index contributed by atoms with van der Waals surface area (Å²) < 4.78 is 36.6. The number of hydrogen-bond acceptors (Lipinski definition) is 6. The molecule has 0 aliphatic heterocycles. The second-order valence-corrected chi connectivity index (χ2v) is 9.21. The molecule has 0 N–H and O–H groups in total. The van der Waals surface area contributed by atoms with E-state index in [0.29, 0.717) is 16.5 Å². The monoisotopic (exact) mass is 465 g/mol. The first-order valence-corrected chi connectivity index (χ1v) is 10.3. The SMILES string of the molecule is CN(C)S(=O)(=O)c1cccc(COC(=O)c2cc3cc(Br)ccc3oc2=O)c1. The van der Waals surface area contributed by atoms with Crippen molar-refractivity contribution in [1.29, 1.82) is 0 Å². The number of hydrogen-bond donors (Lipinski definition) is 0. The Morgan fingerprint density at radius 2 is 1.89 bits per heavy atom. The highest BCUT2D eigenvalue weighted by Gasteiger charge is 2.19. The summed E-state index contributed by atoms with van der Waals surface area (Å²) in [5, 5.41) is 0.569. The number of carbonyl (C=O) groups excluding carboxylic acids is 1. The number of benzene rings is 2. The second-order valence-electron chi connectivity index (χ2n) is 6.14. The fraction of sp³-hybridized carbons (Fsp3) is 0.158. The number of nitrogens with zero attached hydrogens (tertiary/aromatic N) is 1. The van der Waals surface area contributed by atoms with Crippen molar-refractivity contribution in [2.75, 3.05) is 14.1 Å². The van der Waals surface area contributed by atoms with E-state index in [0.717, 1.165) is 8.78 Å². The van der Waals surface area contributed by atoms with Gasteiger partial charge < -0.3 is 9.15 Å². The van der Waals surface area contributed by atoms with Gasteiger partial charge in [0.1, 0.15) is 17.8 Å². The summed E-state index contributed by atoms with van der Waals surface area (Å²) >= 11 is 3.32. The molecular formula is C19H16BrNO6S. The second kappa shape index (κ2) is 7.86. The Morgan fingerprint density at radius 1 is 1.14 bits per heavy atom. The minimum Gasteiger partial charge on any atom is -0.457 e. The van der Waals surface area contributed by atoms with Gasteiger partial charge in [-0.15, -0.1) is 0 Å². The van der Waals surface area contributed by atoms with Gasteiger partial charge in [-0.1, -0.05) is 28.1 Å². The van der Waals surface area contributed by atoms with Crippen molar-refractivity contribution in [3.05, 3.63) is 74.6 Å². The molecule has 7 nitrogen and oxygen atoms in total. The summed E-state index contributed by atoms with van der Waals surface area (Å²) in [5.41, 5.74) is -0.207. The van der Waals surface area contributed by atoms with E-state index in [1.165, 1.54) is 32.3 Å². The number of fused-ring (bicyclic) bond motifs is 1. The van der Waals surface area contributed by atoms with E-state index < -0.39 is 21.6 Å². The van der Waals surface area contributed by atoms with E-state index in [2.05, 4.69) is 15.9 Å². The Hall–Kier alpha value is -2.49. The van der Waals surface area contributed by atoms with Crippen molar-refractivity contribution in [1.82, 2.24) is 4.31 Å². The first-order chi connectivity index (χ1) is 13.2. The van der Waals surface area contributed by atoms with E-state index in [4.69, 9.17) is 9.15 Å². The van der Waals surface area contributed by atoms with Gasteiger partial charge in [-0.2, -0.15) is 0 Å². The first-order valence-electron chi connectivity index (χ1n) is 8.10. The number of carbonyl (C=O) groups is 1. The molecule has 0 saturated heterocycles. The van der Waals surface area contributed by atoms with Crippen molar-refractivity contribution in [3.63, 3.8) is 0 Å². The molecule has 146 valence electrons. The van der Waals surface area contributed by atoms with Crippen LogP contribution in [0.3, 0.4) is 0 Å². The van der Waals surface area contributed by atoms with Crippen LogP contribution in [0.15, 0.2) is 67.1 Å². The quantitative estimate of drug-likeness (QED) is 0.424. The average Bonchev–Trinajstić information content (AvgIpc) is 2.66. The van der Waals surface area contributed by atoms with E-state index in [1.54, 1.807) is 30.3 Å². The molecule has 0 aliphatic rings. The molecule has 1 aromatic heterocycles. The van der Waals surface area contributed by atoms with Gasteiger partial charge in [0.25, 0.3) is 0 Å². The summed E-state index contributed by atoms with van der Waals surface area (Å²) in [6.45, 7) is -0.189. The molecule has 0 aliphatic carbocycles. The van der Waals surface area contributed by atoms with Crippen molar-refractivity contribution in [3.8, 4) is 0 Å². The van der Waals surface area contributed by atoms with Gasteiger partial charge in [-0.05, 0) is 42.0 Å². The van der Waals surface area contributed by atoms with Crippen molar-refractivity contribution >= 4 is 42.9 Å². The van der Waals surface area contributed by atoms with Crippen molar-refractivity contribution in [2.45, 2.75) is 11.5 Å². The molecule has 1 heterocycles. The summed E-state index contributed by atoms with van der Waals surface area (Å²) in [5.74, 6) is -0.850. The van der Waals surface area contributed by atoms with Crippen LogP contribution in [0.25, 0.3) is 11.0 Å². The molecule has 3 aromatic rings. The van der Waals surface area contributed by atoms with Crippen LogP contribution in [0.1, 0.15) is 15.9 Å². The molecule has 0 radical (unpaired) electrons. The third-order valence-electron chi connectivity index (χ3n) is 3.96. The van der Waals surface area contributed by atoms with Gasteiger partial charge in [0.05, 0.1) is 4.90 Å². The molecule has 0 fully saturated rings. The summed E-state index contributed by atoms with van der Waals surface area (Å²) in [6.07, 6.45) is 0. The van der Waals surface area contributed by atoms with Crippen molar-refractivity contribution in [2.24, 2.45) is 0 Å². The Labute approximate surface area is 169 Å². The van der Waals surface area contributed by atoms with Crippen LogP contribution in [-0.2, 0) is 21.4 Å². The number of sulfonamides is 1. The normalized spacial score (nSPS) is 11.7. The van der Waals surface area contributed by atoms with E-state index >= 15 is 0 Å². The summed E-state index contributed by atoms with van der Waals surface area (Å²) in [7, 11) is -0.742. The molecule has 0 amide bonds. The van der Waals surface area contributed by atoms with Crippen LogP contribution in [0.5, 0.6) is 0 Å². The number of esters is 1. The van der Waals surface area contributed by atoms with Crippen LogP contribution in [0.2, 0.25) is 0 Å². The fourth-order valence-electron chi connectivity index (χ4n) is 2.47. The molecule has 9 heteroatoms. The lowest BCUT2D eigenvalue weighted by Gasteiger charge is -2.12. The smallest absolute Gasteiger partial charge is 0.351 e. The van der Waals surface area contributed by atoms with Crippen LogP contribution >= 0.6 is 15.9 Å². The fourth-order valence-corrected chi connectivity index (χ4v) is 3.82. The van der Waals surface area contributed by atoms with Crippen LogP contribution in [0, 0.1) is 0 Å². The lowest BCUT2D eigenvalue weighted by molar-refractivity contribution is 0.0468. The molecule has 0 bridgehead atoms. The molecule has 28 heavy (non-hydrogen) atoms. The number of rotatable bonds is 5. The lowest BCUT2D eigenvalue weighted by atomic mass is 10.2. The molecular weight excluding hydrogens is 450 g/mol. The highest BCUT2D eigenvalue weighted by molar-refractivity contribution is 9.10. The standard InChI is InChI=1S/C19H16BrNO6S/c1-21(2)28(24,25)15-5-3-4-12(8-15)11-26-18(22)16-10-13-9-14(20)6-7-17(13)27-19(16)23/h3-10H,11H2,1-2H3. The summed E-state index contributed by atoms with van der Waals surface area (Å²) in [4.78, 5) is 24.5. The van der Waals surface area contributed by atoms with Gasteiger partial charge in [0, 0.05) is 24.0 Å². The molecule has 3 rings (SSSR count). The van der Waals surface area contributed by atoms with Crippen LogP contribution < -0.4 is 5.63 Å². The zero-order chi connectivity index (χ0) is 20.5. The zero-order valence-corrected chi connectivity index (χ0v) is 17.4. The Balaban J connectivity index is 1.82. The van der Waals surface area contributed by atoms with E-state index in [1.807, 2.05) is 0 Å². The Kier molecular flexibility index (Phi) is 5.69. The van der Waals surface area contributed by atoms with Gasteiger partial charge in [0.2, 0.25) is 10.0 Å². The molecule has 0 spiro atoms. The molecule has 0 unspecified atom stereocenters. The van der Waals surface area contributed by atoms with Crippen LogP contribution in [0.4, 0.5) is 0 Å². The first kappa shape index (κ1) is 20.2. The Morgan fingerprint density at radius 3 is 2.61 bits per heavy atom. The highest BCUT2D eigenvalue weighted by Crippen LogP contribution is 2.20. The minimum atomic E-state index is -3.60. The predicted octanol–water partition coefficient (Wildman–Crippen LogP) is 3.16. The zero-order valence-electron chi connectivity index (χ0n) is 15.0. The molecule has 2 aromatic carbocycles. The van der Waals surface area contributed by atoms with Crippen LogP contribution in [-0.4, -0.2) is 32.8 Å². The highest BCUT2D eigenvalue weighted by atomic mass is 79.9. The van der Waals surface area contributed by atoms with Gasteiger partial charge >= 0.3 is 11.6 Å². The van der Waals surface area contributed by atoms with Crippen molar-refractivity contribution < 1.29 is 22.4 Å². The topological polar surface area (TPSA) is 93.9 Å². The molecule has 0 saturated carbocycles. The van der Waals surface area contributed by atoms with Gasteiger partial charge in [-0.25, -0.2) is 22.3 Å². The third-order valence-corrected chi connectivity index (χ3v) is 6.27. The third kappa shape index (κ3) is 4.16. The van der Waals surface area contributed by atoms with Gasteiger partial charge in [0.15, 0.2) is 0 Å². The number of halogens is 1. The van der Waals surface area contributed by atoms with Gasteiger partial charge in [-0.3, -0.25) is 0 Å². The molecule has 0 atom stereocenters. The lowest BCUT2D eigenvalue weighted by Crippen LogP contribution is -2.22. The Bertz CT molecular complexity index is 1220. The minimum absolute atomic E-state index is 0.0844. The summed E-state index contributed by atoms with van der Waals surface area (Å²) in [6, 6.07) is 12.5. The maximum Gasteiger partial charge on any atom is 0.351 e. The van der Waals surface area contributed by atoms with E-state index in [9.17, 15) is 18.0 Å². The largest absolute Gasteiger partial charge is 0.457 e. The maximum absolute atomic E-state index is 12.3. The predicted molar refractivity (Wildman–Crippen MR) is 107 cm³/mol. The average molecular weight is 466 g/mol. The maximum atomic E-state index is 12.3. The van der Waals surface area contributed by atoms with E-state index in [-0.39, 0.29) is 17.1 Å².